The minimum atomic E-state index is 0.199. The van der Waals surface area contributed by atoms with E-state index in [0.717, 1.165) is 0 Å². The molecule has 0 aromatic heterocycles. The molecule has 1 atom stereocenters. The molecule has 0 spiro atoms. The van der Waals surface area contributed by atoms with E-state index in [1.165, 1.54) is 5.57 Å². The van der Waals surface area contributed by atoms with Crippen LogP contribution in [-0.2, 0) is 4.79 Å². The van der Waals surface area contributed by atoms with E-state index in [1.807, 2.05) is 24.4 Å². The Kier molecular flexibility index (Phi) is 1.39. The van der Waals surface area contributed by atoms with Gasteiger partial charge in [0.25, 0.3) is 0 Å². The van der Waals surface area contributed by atoms with Gasteiger partial charge in [-0.3, -0.25) is 4.79 Å². The molecule has 11 heavy (non-hydrogen) atoms. The van der Waals surface area contributed by atoms with Crippen molar-refractivity contribution in [2.24, 2.45) is 0 Å². The van der Waals surface area contributed by atoms with Crippen molar-refractivity contribution in [3.8, 4) is 0 Å². The smallest absolute Gasteiger partial charge is 0.159 e. The molecule has 1 aliphatic carbocycles. The Labute approximate surface area is 65.3 Å². The summed E-state index contributed by atoms with van der Waals surface area (Å²) in [5.74, 6) is 0.199. The number of rotatable bonds is 0. The topological polar surface area (TPSA) is 29.1 Å². The molecule has 1 N–H and O–H groups in total. The molecule has 2 nitrogen and oxygen atoms in total. The van der Waals surface area contributed by atoms with E-state index in [-0.39, 0.29) is 11.8 Å². The number of nitrogens with one attached hydrogen (secondary N) is 1. The van der Waals surface area contributed by atoms with E-state index in [1.54, 1.807) is 6.08 Å². The van der Waals surface area contributed by atoms with Gasteiger partial charge in [0.1, 0.15) is 0 Å². The fraction of sp³-hybridized carbons (Fsp3) is 0.222. The van der Waals surface area contributed by atoms with Crippen molar-refractivity contribution < 1.29 is 4.79 Å². The maximum atomic E-state index is 10.9. The molecule has 0 fully saturated rings. The van der Waals surface area contributed by atoms with Gasteiger partial charge in [-0.1, -0.05) is 12.2 Å². The molecule has 1 aliphatic heterocycles. The summed E-state index contributed by atoms with van der Waals surface area (Å²) in [5, 5.41) is 3.15. The number of hydrogen-bond acceptors (Lipinski definition) is 2. The van der Waals surface area contributed by atoms with Crippen LogP contribution >= 0.6 is 0 Å². The largest absolute Gasteiger partial charge is 0.381 e. The summed E-state index contributed by atoms with van der Waals surface area (Å²) in [6, 6.07) is 0.262. The molecule has 0 radical (unpaired) electrons. The Bertz CT molecular complexity index is 273. The number of carbonyl (C=O) groups is 1. The lowest BCUT2D eigenvalue weighted by Gasteiger charge is -2.22. The molecule has 0 amide bonds. The maximum Gasteiger partial charge on any atom is 0.159 e. The van der Waals surface area contributed by atoms with Gasteiger partial charge in [0.05, 0.1) is 6.04 Å². The lowest BCUT2D eigenvalue weighted by molar-refractivity contribution is -0.114. The Balaban J connectivity index is 2.31. The van der Waals surface area contributed by atoms with Crippen molar-refractivity contribution in [1.82, 2.24) is 5.32 Å². The van der Waals surface area contributed by atoms with Crippen LogP contribution in [0.15, 0.2) is 36.1 Å². The van der Waals surface area contributed by atoms with E-state index in [2.05, 4.69) is 5.32 Å². The third-order valence-corrected chi connectivity index (χ3v) is 1.93. The van der Waals surface area contributed by atoms with Gasteiger partial charge in [0.15, 0.2) is 5.78 Å². The predicted octanol–water partition coefficient (Wildman–Crippen LogP) is 0.927. The number of hydrogen-bond donors (Lipinski definition) is 1. The van der Waals surface area contributed by atoms with Crippen LogP contribution in [0.2, 0.25) is 0 Å². The van der Waals surface area contributed by atoms with Crippen LogP contribution in [0.25, 0.3) is 0 Å². The summed E-state index contributed by atoms with van der Waals surface area (Å²) in [4.78, 5) is 10.9. The minimum Gasteiger partial charge on any atom is -0.381 e. The van der Waals surface area contributed by atoms with Gasteiger partial charge in [-0.25, -0.2) is 0 Å². The van der Waals surface area contributed by atoms with Crippen molar-refractivity contribution in [3.63, 3.8) is 0 Å². The SMILES string of the molecule is O=C1C=CC2NC=CC=C2C1. The highest BCUT2D eigenvalue weighted by atomic mass is 16.1. The average Bonchev–Trinajstić information content (AvgIpc) is 2.04. The van der Waals surface area contributed by atoms with Crippen LogP contribution in [0, 0.1) is 0 Å². The highest BCUT2D eigenvalue weighted by molar-refractivity contribution is 5.93. The summed E-state index contributed by atoms with van der Waals surface area (Å²) in [7, 11) is 0. The zero-order valence-electron chi connectivity index (χ0n) is 6.08. The molecule has 0 bridgehead atoms. The fourth-order valence-corrected chi connectivity index (χ4v) is 1.35. The molecule has 0 saturated heterocycles. The molecular formula is C9H9NO. The van der Waals surface area contributed by atoms with Gasteiger partial charge < -0.3 is 5.32 Å². The molecular weight excluding hydrogens is 138 g/mol. The number of fused-ring (bicyclic) bond motifs is 1. The molecule has 1 unspecified atom stereocenters. The standard InChI is InChI=1S/C9H9NO/c11-8-3-4-9-7(6-8)2-1-5-10-9/h1-5,9-10H,6H2. The van der Waals surface area contributed by atoms with Gasteiger partial charge in [-0.05, 0) is 23.9 Å². The van der Waals surface area contributed by atoms with E-state index in [4.69, 9.17) is 0 Å². The quantitative estimate of drug-likeness (QED) is 0.552. The van der Waals surface area contributed by atoms with Crippen LogP contribution in [0.4, 0.5) is 0 Å². The summed E-state index contributed by atoms with van der Waals surface area (Å²) in [6.45, 7) is 0. The van der Waals surface area contributed by atoms with Crippen molar-refractivity contribution >= 4 is 5.78 Å². The van der Waals surface area contributed by atoms with Crippen LogP contribution in [0.1, 0.15) is 6.42 Å². The first-order chi connectivity index (χ1) is 5.36. The summed E-state index contributed by atoms with van der Waals surface area (Å²) in [5.41, 5.74) is 1.17. The zero-order valence-corrected chi connectivity index (χ0v) is 6.08. The van der Waals surface area contributed by atoms with Gasteiger partial charge >= 0.3 is 0 Å². The summed E-state index contributed by atoms with van der Waals surface area (Å²) in [6.07, 6.45) is 9.95. The number of allylic oxidation sites excluding steroid dienone is 3. The molecule has 56 valence electrons. The van der Waals surface area contributed by atoms with Crippen molar-refractivity contribution in [2.45, 2.75) is 12.5 Å². The number of dihydropyridines is 1. The highest BCUT2D eigenvalue weighted by Gasteiger charge is 2.17. The van der Waals surface area contributed by atoms with Gasteiger partial charge in [0, 0.05) is 6.42 Å². The van der Waals surface area contributed by atoms with Crippen LogP contribution in [0.5, 0.6) is 0 Å². The van der Waals surface area contributed by atoms with E-state index in [9.17, 15) is 4.79 Å². The first-order valence-electron chi connectivity index (χ1n) is 3.69. The monoisotopic (exact) mass is 147 g/mol. The van der Waals surface area contributed by atoms with Gasteiger partial charge in [-0.15, -0.1) is 0 Å². The lowest BCUT2D eigenvalue weighted by Crippen LogP contribution is -2.30. The normalized spacial score (nSPS) is 27.5. The Hall–Kier alpha value is -1.31. The third kappa shape index (κ3) is 1.11. The minimum absolute atomic E-state index is 0.199. The van der Waals surface area contributed by atoms with Crippen molar-refractivity contribution in [3.05, 3.63) is 36.1 Å². The molecule has 2 heteroatoms. The van der Waals surface area contributed by atoms with Crippen molar-refractivity contribution in [1.29, 1.82) is 0 Å². The Morgan fingerprint density at radius 2 is 2.45 bits per heavy atom. The van der Waals surface area contributed by atoms with Crippen LogP contribution in [0.3, 0.4) is 0 Å². The fourth-order valence-electron chi connectivity index (χ4n) is 1.35. The van der Waals surface area contributed by atoms with Crippen LogP contribution < -0.4 is 5.32 Å². The predicted molar refractivity (Wildman–Crippen MR) is 42.9 cm³/mol. The first-order valence-corrected chi connectivity index (χ1v) is 3.69. The number of carbonyl (C=O) groups excluding carboxylic acids is 1. The van der Waals surface area contributed by atoms with E-state index in [0.29, 0.717) is 6.42 Å². The first kappa shape index (κ1) is 6.40. The van der Waals surface area contributed by atoms with Gasteiger partial charge in [0.2, 0.25) is 0 Å². The Morgan fingerprint density at radius 3 is 3.36 bits per heavy atom. The molecule has 2 rings (SSSR count). The molecule has 2 aliphatic rings. The second-order valence-electron chi connectivity index (χ2n) is 2.75. The summed E-state index contributed by atoms with van der Waals surface area (Å²) >= 11 is 0. The van der Waals surface area contributed by atoms with Gasteiger partial charge in [-0.2, -0.15) is 0 Å². The third-order valence-electron chi connectivity index (χ3n) is 1.93. The number of ketones is 1. The molecule has 0 aromatic carbocycles. The van der Waals surface area contributed by atoms with E-state index < -0.39 is 0 Å². The Morgan fingerprint density at radius 1 is 1.55 bits per heavy atom. The second kappa shape index (κ2) is 2.38. The summed E-state index contributed by atoms with van der Waals surface area (Å²) < 4.78 is 0. The molecule has 0 saturated carbocycles. The molecule has 1 heterocycles. The lowest BCUT2D eigenvalue weighted by atomic mass is 9.94. The molecule has 0 aromatic rings. The second-order valence-corrected chi connectivity index (χ2v) is 2.75. The van der Waals surface area contributed by atoms with Crippen LogP contribution in [-0.4, -0.2) is 11.8 Å². The zero-order chi connectivity index (χ0) is 7.68. The highest BCUT2D eigenvalue weighted by Crippen LogP contribution is 2.17. The van der Waals surface area contributed by atoms with E-state index >= 15 is 0 Å². The average molecular weight is 147 g/mol. The van der Waals surface area contributed by atoms with Crippen molar-refractivity contribution in [2.75, 3.05) is 0 Å². The maximum absolute atomic E-state index is 10.9.